The molecular formula is C12H15ClN4. The van der Waals surface area contributed by atoms with Crippen LogP contribution in [0.5, 0.6) is 0 Å². The number of aryl methyl sites for hydroxylation is 2. The Morgan fingerprint density at radius 1 is 1.18 bits per heavy atom. The molecule has 0 saturated carbocycles. The molecule has 0 saturated heterocycles. The lowest BCUT2D eigenvalue weighted by atomic mass is 10.3. The molecule has 0 aromatic carbocycles. The fraction of sp³-hybridized carbons (Fsp3) is 0.417. The monoisotopic (exact) mass is 250 g/mol. The average molecular weight is 251 g/mol. The predicted octanol–water partition coefficient (Wildman–Crippen LogP) is 2.53. The van der Waals surface area contributed by atoms with Gasteiger partial charge in [0.05, 0.1) is 11.6 Å². The summed E-state index contributed by atoms with van der Waals surface area (Å²) in [5.74, 6) is 1.04. The quantitative estimate of drug-likeness (QED) is 0.784. The zero-order valence-electron chi connectivity index (χ0n) is 10.0. The molecule has 2 aromatic rings. The van der Waals surface area contributed by atoms with Gasteiger partial charge in [0.15, 0.2) is 0 Å². The first kappa shape index (κ1) is 12.0. The van der Waals surface area contributed by atoms with Crippen LogP contribution in [0.4, 0.5) is 0 Å². The summed E-state index contributed by atoms with van der Waals surface area (Å²) in [6, 6.07) is 2.10. The Morgan fingerprint density at radius 2 is 1.88 bits per heavy atom. The molecule has 5 heteroatoms. The highest BCUT2D eigenvalue weighted by Crippen LogP contribution is 2.11. The SMILES string of the molecule is CCc1cc(CC)n(-c2ncc(CCl)cn2)n1. The van der Waals surface area contributed by atoms with Gasteiger partial charge in [-0.2, -0.15) is 5.10 Å². The Balaban J connectivity index is 2.40. The number of rotatable bonds is 4. The van der Waals surface area contributed by atoms with Crippen molar-refractivity contribution in [2.45, 2.75) is 32.6 Å². The molecule has 0 spiro atoms. The van der Waals surface area contributed by atoms with Gasteiger partial charge in [0.25, 0.3) is 5.95 Å². The van der Waals surface area contributed by atoms with Gasteiger partial charge in [0.1, 0.15) is 0 Å². The van der Waals surface area contributed by atoms with E-state index in [4.69, 9.17) is 11.6 Å². The van der Waals surface area contributed by atoms with Gasteiger partial charge in [0.2, 0.25) is 0 Å². The first-order valence-corrected chi connectivity index (χ1v) is 6.27. The van der Waals surface area contributed by atoms with Gasteiger partial charge < -0.3 is 0 Å². The van der Waals surface area contributed by atoms with Gasteiger partial charge in [-0.1, -0.05) is 13.8 Å². The minimum absolute atomic E-state index is 0.431. The molecule has 0 aliphatic rings. The van der Waals surface area contributed by atoms with Gasteiger partial charge in [0, 0.05) is 23.7 Å². The standard InChI is InChI=1S/C12H15ClN4/c1-3-10-5-11(4-2)17(16-10)12-14-7-9(6-13)8-15-12/h5,7-8H,3-4,6H2,1-2H3. The Morgan fingerprint density at radius 3 is 2.41 bits per heavy atom. The zero-order chi connectivity index (χ0) is 12.3. The summed E-state index contributed by atoms with van der Waals surface area (Å²) in [6.45, 7) is 4.18. The summed E-state index contributed by atoms with van der Waals surface area (Å²) in [4.78, 5) is 8.56. The molecule has 2 heterocycles. The molecule has 0 N–H and O–H groups in total. The molecule has 0 atom stereocenters. The maximum atomic E-state index is 5.71. The van der Waals surface area contributed by atoms with E-state index in [2.05, 4.69) is 35.0 Å². The van der Waals surface area contributed by atoms with Crippen molar-refractivity contribution in [2.24, 2.45) is 0 Å². The van der Waals surface area contributed by atoms with Crippen LogP contribution in [-0.2, 0) is 18.7 Å². The lowest BCUT2D eigenvalue weighted by Gasteiger charge is -2.03. The van der Waals surface area contributed by atoms with Crippen LogP contribution in [0.2, 0.25) is 0 Å². The van der Waals surface area contributed by atoms with Crippen LogP contribution < -0.4 is 0 Å². The third kappa shape index (κ3) is 2.47. The maximum absolute atomic E-state index is 5.71. The van der Waals surface area contributed by atoms with Gasteiger partial charge in [-0.15, -0.1) is 11.6 Å². The van der Waals surface area contributed by atoms with E-state index in [9.17, 15) is 0 Å². The largest absolute Gasteiger partial charge is 0.250 e. The molecule has 2 aromatic heterocycles. The molecule has 0 aliphatic heterocycles. The van der Waals surface area contributed by atoms with Crippen LogP contribution in [-0.4, -0.2) is 19.7 Å². The van der Waals surface area contributed by atoms with Crippen LogP contribution in [0.15, 0.2) is 18.5 Å². The summed E-state index contributed by atoms with van der Waals surface area (Å²) in [5.41, 5.74) is 3.10. The molecule has 0 radical (unpaired) electrons. The van der Waals surface area contributed by atoms with Crippen LogP contribution in [0.1, 0.15) is 30.8 Å². The van der Waals surface area contributed by atoms with Crippen LogP contribution in [0.3, 0.4) is 0 Å². The van der Waals surface area contributed by atoms with E-state index in [0.717, 1.165) is 29.8 Å². The van der Waals surface area contributed by atoms with Crippen molar-refractivity contribution < 1.29 is 0 Å². The highest BCUT2D eigenvalue weighted by atomic mass is 35.5. The van der Waals surface area contributed by atoms with E-state index in [-0.39, 0.29) is 0 Å². The lowest BCUT2D eigenvalue weighted by molar-refractivity contribution is 0.744. The number of alkyl halides is 1. The smallest absolute Gasteiger partial charge is 0.219 e. The van der Waals surface area contributed by atoms with E-state index in [1.54, 1.807) is 17.1 Å². The fourth-order valence-corrected chi connectivity index (χ4v) is 1.74. The number of hydrogen-bond acceptors (Lipinski definition) is 3. The number of aromatic nitrogens is 4. The van der Waals surface area contributed by atoms with Crippen molar-refractivity contribution in [3.63, 3.8) is 0 Å². The second-order valence-electron chi connectivity index (χ2n) is 3.77. The van der Waals surface area contributed by atoms with Gasteiger partial charge in [-0.05, 0) is 18.9 Å². The van der Waals surface area contributed by atoms with Crippen molar-refractivity contribution in [1.29, 1.82) is 0 Å². The van der Waals surface area contributed by atoms with E-state index in [0.29, 0.717) is 11.8 Å². The molecule has 0 fully saturated rings. The Labute approximate surface area is 106 Å². The van der Waals surface area contributed by atoms with Gasteiger partial charge in [-0.3, -0.25) is 0 Å². The Hall–Kier alpha value is -1.42. The fourth-order valence-electron chi connectivity index (χ4n) is 1.60. The number of halogens is 1. The summed E-state index contributed by atoms with van der Waals surface area (Å²) >= 11 is 5.71. The normalized spacial score (nSPS) is 10.8. The van der Waals surface area contributed by atoms with Crippen LogP contribution in [0, 0.1) is 0 Å². The molecule has 0 amide bonds. The lowest BCUT2D eigenvalue weighted by Crippen LogP contribution is -2.06. The van der Waals surface area contributed by atoms with E-state index < -0.39 is 0 Å². The van der Waals surface area contributed by atoms with E-state index in [1.807, 2.05) is 0 Å². The van der Waals surface area contributed by atoms with Crippen molar-refractivity contribution in [2.75, 3.05) is 0 Å². The Kier molecular flexibility index (Phi) is 3.74. The highest BCUT2D eigenvalue weighted by molar-refractivity contribution is 6.17. The maximum Gasteiger partial charge on any atom is 0.250 e. The minimum Gasteiger partial charge on any atom is -0.219 e. The van der Waals surface area contributed by atoms with Crippen molar-refractivity contribution in [3.05, 3.63) is 35.4 Å². The summed E-state index contributed by atoms with van der Waals surface area (Å²) in [5, 5.41) is 4.48. The third-order valence-corrected chi connectivity index (χ3v) is 2.90. The summed E-state index contributed by atoms with van der Waals surface area (Å²) in [6.07, 6.45) is 5.30. The van der Waals surface area contributed by atoms with Gasteiger partial charge in [-0.25, -0.2) is 14.6 Å². The first-order chi connectivity index (χ1) is 8.28. The molecule has 0 bridgehead atoms. The Bertz CT molecular complexity index is 490. The molecule has 90 valence electrons. The first-order valence-electron chi connectivity index (χ1n) is 5.73. The average Bonchev–Trinajstić information content (AvgIpc) is 2.82. The van der Waals surface area contributed by atoms with Gasteiger partial charge >= 0.3 is 0 Å². The topological polar surface area (TPSA) is 43.6 Å². The predicted molar refractivity (Wildman–Crippen MR) is 67.5 cm³/mol. The second-order valence-corrected chi connectivity index (χ2v) is 4.04. The van der Waals surface area contributed by atoms with Crippen LogP contribution >= 0.6 is 11.6 Å². The number of hydrogen-bond donors (Lipinski definition) is 0. The van der Waals surface area contributed by atoms with Crippen molar-refractivity contribution in [3.8, 4) is 5.95 Å². The number of nitrogens with zero attached hydrogens (tertiary/aromatic N) is 4. The highest BCUT2D eigenvalue weighted by Gasteiger charge is 2.09. The molecule has 4 nitrogen and oxygen atoms in total. The zero-order valence-corrected chi connectivity index (χ0v) is 10.8. The minimum atomic E-state index is 0.431. The second kappa shape index (κ2) is 5.27. The van der Waals surface area contributed by atoms with Crippen LogP contribution in [0.25, 0.3) is 5.95 Å². The molecule has 2 rings (SSSR count). The molecule has 17 heavy (non-hydrogen) atoms. The van der Waals surface area contributed by atoms with E-state index >= 15 is 0 Å². The third-order valence-electron chi connectivity index (χ3n) is 2.59. The summed E-state index contributed by atoms with van der Waals surface area (Å²) < 4.78 is 1.80. The molecule has 0 unspecified atom stereocenters. The molecular weight excluding hydrogens is 236 g/mol. The van der Waals surface area contributed by atoms with Crippen molar-refractivity contribution >= 4 is 11.6 Å². The molecule has 0 aliphatic carbocycles. The van der Waals surface area contributed by atoms with E-state index in [1.165, 1.54) is 0 Å². The summed E-state index contributed by atoms with van der Waals surface area (Å²) in [7, 11) is 0. The van der Waals surface area contributed by atoms with Crippen molar-refractivity contribution in [1.82, 2.24) is 19.7 Å².